The largest absolute Gasteiger partial charge is 0.490 e. The molecule has 0 bridgehead atoms. The van der Waals surface area contributed by atoms with Gasteiger partial charge in [-0.05, 0) is 48.9 Å². The minimum atomic E-state index is -1.06. The zero-order valence-electron chi connectivity index (χ0n) is 19.7. The summed E-state index contributed by atoms with van der Waals surface area (Å²) >= 11 is 18.2. The second kappa shape index (κ2) is 13.6. The molecule has 0 aliphatic rings. The molecule has 13 heteroatoms. The molecule has 0 unspecified atom stereocenters. The Labute approximate surface area is 231 Å². The lowest BCUT2D eigenvalue weighted by Crippen LogP contribution is -2.32. The average Bonchev–Trinajstić information content (AvgIpc) is 2.87. The van der Waals surface area contributed by atoms with Crippen LogP contribution in [-0.2, 0) is 14.4 Å². The Bertz CT molecular complexity index is 1390. The minimum Gasteiger partial charge on any atom is -0.490 e. The van der Waals surface area contributed by atoms with Crippen LogP contribution in [-0.4, -0.2) is 37.1 Å². The van der Waals surface area contributed by atoms with Gasteiger partial charge in [0.2, 0.25) is 0 Å². The number of carbonyl (C=O) groups excluding carboxylic acids is 3. The van der Waals surface area contributed by atoms with Gasteiger partial charge in [0.1, 0.15) is 5.82 Å². The van der Waals surface area contributed by atoms with Crippen LogP contribution in [0.3, 0.4) is 0 Å². The molecular weight excluding hydrogens is 562 g/mol. The van der Waals surface area contributed by atoms with E-state index in [0.29, 0.717) is 5.56 Å². The first kappa shape index (κ1) is 28.7. The number of para-hydroxylation sites is 1. The van der Waals surface area contributed by atoms with E-state index in [0.717, 1.165) is 0 Å². The molecule has 0 aliphatic heterocycles. The van der Waals surface area contributed by atoms with E-state index < -0.39 is 30.1 Å². The highest BCUT2D eigenvalue weighted by molar-refractivity contribution is 6.45. The van der Waals surface area contributed by atoms with Crippen LogP contribution in [0.15, 0.2) is 59.7 Å². The molecular formula is C25H20Cl3FN4O5. The van der Waals surface area contributed by atoms with E-state index in [4.69, 9.17) is 44.3 Å². The van der Waals surface area contributed by atoms with Gasteiger partial charge in [0.05, 0.1) is 39.3 Å². The van der Waals surface area contributed by atoms with Gasteiger partial charge in [-0.2, -0.15) is 5.10 Å². The quantitative estimate of drug-likeness (QED) is 0.180. The normalized spacial score (nSPS) is 10.7. The van der Waals surface area contributed by atoms with Gasteiger partial charge >= 0.3 is 11.8 Å². The Kier molecular flexibility index (Phi) is 10.3. The molecule has 198 valence electrons. The summed E-state index contributed by atoms with van der Waals surface area (Å²) in [6.45, 7) is 1.51. The maximum absolute atomic E-state index is 13.7. The fourth-order valence-corrected chi connectivity index (χ4v) is 3.57. The highest BCUT2D eigenvalue weighted by Gasteiger charge is 2.17. The summed E-state index contributed by atoms with van der Waals surface area (Å²) in [6.07, 6.45) is 1.22. The number of ether oxygens (including phenoxy) is 2. The summed E-state index contributed by atoms with van der Waals surface area (Å²) in [5.41, 5.74) is 2.64. The monoisotopic (exact) mass is 580 g/mol. The molecule has 3 aromatic carbocycles. The van der Waals surface area contributed by atoms with Gasteiger partial charge in [0.15, 0.2) is 18.1 Å². The molecule has 0 aliphatic carbocycles. The molecule has 3 rings (SSSR count). The summed E-state index contributed by atoms with van der Waals surface area (Å²) in [6, 6.07) is 13.2. The Morgan fingerprint density at radius 1 is 0.921 bits per heavy atom. The molecule has 38 heavy (non-hydrogen) atoms. The Morgan fingerprint density at radius 2 is 1.66 bits per heavy atom. The molecule has 3 amide bonds. The molecule has 0 heterocycles. The van der Waals surface area contributed by atoms with Crippen LogP contribution in [0, 0.1) is 5.82 Å². The predicted octanol–water partition coefficient (Wildman–Crippen LogP) is 5.29. The van der Waals surface area contributed by atoms with Crippen molar-refractivity contribution in [3.63, 3.8) is 0 Å². The van der Waals surface area contributed by atoms with Crippen molar-refractivity contribution in [1.29, 1.82) is 0 Å². The number of amides is 3. The number of benzene rings is 3. The third kappa shape index (κ3) is 7.82. The average molecular weight is 582 g/mol. The lowest BCUT2D eigenvalue weighted by atomic mass is 10.2. The first-order chi connectivity index (χ1) is 18.2. The van der Waals surface area contributed by atoms with Crippen LogP contribution in [0.25, 0.3) is 0 Å². The minimum absolute atomic E-state index is 0.00943. The third-order valence-corrected chi connectivity index (χ3v) is 5.71. The predicted molar refractivity (Wildman–Crippen MR) is 144 cm³/mol. The van der Waals surface area contributed by atoms with Gasteiger partial charge in [0.25, 0.3) is 5.91 Å². The number of carbonyl (C=O) groups is 3. The number of anilines is 2. The van der Waals surface area contributed by atoms with E-state index in [9.17, 15) is 18.8 Å². The van der Waals surface area contributed by atoms with Crippen LogP contribution in [0.2, 0.25) is 15.1 Å². The summed E-state index contributed by atoms with van der Waals surface area (Å²) in [5, 5.41) is 8.86. The van der Waals surface area contributed by atoms with E-state index in [1.54, 1.807) is 19.1 Å². The Balaban J connectivity index is 1.63. The molecule has 0 aromatic heterocycles. The van der Waals surface area contributed by atoms with Crippen LogP contribution in [0.1, 0.15) is 12.5 Å². The molecule has 0 saturated heterocycles. The van der Waals surface area contributed by atoms with Gasteiger partial charge in [0, 0.05) is 0 Å². The Morgan fingerprint density at radius 3 is 2.39 bits per heavy atom. The zero-order valence-corrected chi connectivity index (χ0v) is 22.0. The number of hydrogen-bond donors (Lipinski definition) is 3. The first-order valence-corrected chi connectivity index (χ1v) is 12.0. The molecule has 0 radical (unpaired) electrons. The van der Waals surface area contributed by atoms with E-state index >= 15 is 0 Å². The lowest BCUT2D eigenvalue weighted by Gasteiger charge is -2.14. The number of rotatable bonds is 9. The van der Waals surface area contributed by atoms with Crippen molar-refractivity contribution in [2.45, 2.75) is 6.92 Å². The van der Waals surface area contributed by atoms with E-state index in [-0.39, 0.29) is 44.5 Å². The van der Waals surface area contributed by atoms with Crippen LogP contribution >= 0.6 is 34.8 Å². The van der Waals surface area contributed by atoms with Gasteiger partial charge in [-0.15, -0.1) is 0 Å². The van der Waals surface area contributed by atoms with Gasteiger partial charge < -0.3 is 20.1 Å². The van der Waals surface area contributed by atoms with Crippen molar-refractivity contribution in [2.24, 2.45) is 5.10 Å². The van der Waals surface area contributed by atoms with Gasteiger partial charge in [-0.25, -0.2) is 9.82 Å². The number of nitrogens with zero attached hydrogens (tertiary/aromatic N) is 1. The van der Waals surface area contributed by atoms with Crippen molar-refractivity contribution < 1.29 is 28.2 Å². The number of hydrogen-bond acceptors (Lipinski definition) is 6. The molecule has 0 saturated carbocycles. The fourth-order valence-electron chi connectivity index (χ4n) is 2.95. The second-order valence-corrected chi connectivity index (χ2v) is 8.53. The number of halogens is 4. The molecule has 3 N–H and O–H groups in total. The Hall–Kier alpha value is -3.86. The van der Waals surface area contributed by atoms with Gasteiger partial charge in [-0.1, -0.05) is 53.0 Å². The molecule has 0 fully saturated rings. The molecule has 0 atom stereocenters. The van der Waals surface area contributed by atoms with E-state index in [1.165, 1.54) is 48.7 Å². The van der Waals surface area contributed by atoms with Crippen molar-refractivity contribution in [3.05, 3.63) is 81.0 Å². The molecule has 0 spiro atoms. The van der Waals surface area contributed by atoms with Crippen LogP contribution < -0.4 is 25.5 Å². The van der Waals surface area contributed by atoms with E-state index in [1.807, 2.05) is 0 Å². The van der Waals surface area contributed by atoms with Crippen molar-refractivity contribution >= 4 is 70.1 Å². The fraction of sp³-hybridized carbons (Fsp3) is 0.120. The summed E-state index contributed by atoms with van der Waals surface area (Å²) in [4.78, 5) is 36.4. The number of hydrazone groups is 1. The third-order valence-electron chi connectivity index (χ3n) is 4.61. The van der Waals surface area contributed by atoms with E-state index in [2.05, 4.69) is 21.2 Å². The van der Waals surface area contributed by atoms with Crippen LogP contribution in [0.4, 0.5) is 15.8 Å². The summed E-state index contributed by atoms with van der Waals surface area (Å²) in [7, 11) is 0. The van der Waals surface area contributed by atoms with Crippen LogP contribution in [0.5, 0.6) is 11.5 Å². The van der Waals surface area contributed by atoms with Crippen molar-refractivity contribution in [1.82, 2.24) is 5.43 Å². The smallest absolute Gasteiger partial charge is 0.329 e. The highest BCUT2D eigenvalue weighted by atomic mass is 35.5. The standard InChI is InChI=1S/C25H20Cl3FN4O5/c1-2-37-20-11-14(12-30-33-25(36)24(35)32-19-9-5-6-15(26)22(19)28)10-16(27)23(20)38-13-21(34)31-18-8-4-3-7-17(18)29/h3-12H,2,13H2,1H3,(H,31,34)(H,32,35)(H,33,36)/b30-12-. The topological polar surface area (TPSA) is 118 Å². The highest BCUT2D eigenvalue weighted by Crippen LogP contribution is 2.36. The van der Waals surface area contributed by atoms with Crippen molar-refractivity contribution in [3.8, 4) is 11.5 Å². The molecule has 9 nitrogen and oxygen atoms in total. The lowest BCUT2D eigenvalue weighted by molar-refractivity contribution is -0.136. The summed E-state index contributed by atoms with van der Waals surface area (Å²) in [5.74, 6) is -3.00. The maximum Gasteiger partial charge on any atom is 0.329 e. The molecule has 3 aromatic rings. The first-order valence-electron chi connectivity index (χ1n) is 10.9. The second-order valence-electron chi connectivity index (χ2n) is 7.33. The number of nitrogens with one attached hydrogen (secondary N) is 3. The van der Waals surface area contributed by atoms with Crippen molar-refractivity contribution in [2.75, 3.05) is 23.8 Å². The zero-order chi connectivity index (χ0) is 27.7. The van der Waals surface area contributed by atoms with Gasteiger partial charge in [-0.3, -0.25) is 14.4 Å². The summed E-state index contributed by atoms with van der Waals surface area (Å²) < 4.78 is 24.8. The SMILES string of the molecule is CCOc1cc(/C=N\NC(=O)C(=O)Nc2cccc(Cl)c2Cl)cc(Cl)c1OCC(=O)Nc1ccccc1F. The maximum atomic E-state index is 13.7.